The number of anilines is 1. The lowest BCUT2D eigenvalue weighted by Crippen LogP contribution is -2.50. The molecular formula is C21H22ClN3O3S. The van der Waals surface area contributed by atoms with Gasteiger partial charge in [-0.05, 0) is 42.8 Å². The van der Waals surface area contributed by atoms with E-state index in [-0.39, 0.29) is 12.5 Å². The molecule has 3 aromatic rings. The van der Waals surface area contributed by atoms with Crippen molar-refractivity contribution in [2.24, 2.45) is 0 Å². The van der Waals surface area contributed by atoms with E-state index in [1.165, 1.54) is 5.56 Å². The minimum absolute atomic E-state index is 0.0126. The lowest BCUT2D eigenvalue weighted by atomic mass is 10.2. The highest BCUT2D eigenvalue weighted by Crippen LogP contribution is 2.36. The minimum Gasteiger partial charge on any atom is -0.494 e. The van der Waals surface area contributed by atoms with E-state index in [2.05, 4.69) is 17.9 Å². The molecule has 4 rings (SSSR count). The first-order valence-corrected chi connectivity index (χ1v) is 10.6. The quantitative estimate of drug-likeness (QED) is 0.611. The second-order valence-corrected chi connectivity index (χ2v) is 8.28. The van der Waals surface area contributed by atoms with Gasteiger partial charge in [0, 0.05) is 31.2 Å². The Balaban J connectivity index is 1.36. The third-order valence-electron chi connectivity index (χ3n) is 4.99. The van der Waals surface area contributed by atoms with Crippen LogP contribution in [0.25, 0.3) is 10.2 Å². The van der Waals surface area contributed by atoms with E-state index in [1.54, 1.807) is 42.7 Å². The number of ether oxygens (including phenoxy) is 2. The first-order valence-electron chi connectivity index (χ1n) is 9.40. The Morgan fingerprint density at radius 1 is 1.14 bits per heavy atom. The van der Waals surface area contributed by atoms with Crippen LogP contribution in [0.3, 0.4) is 0 Å². The number of hydrogen-bond donors (Lipinski definition) is 0. The molecule has 0 unspecified atom stereocenters. The van der Waals surface area contributed by atoms with E-state index in [4.69, 9.17) is 26.1 Å². The summed E-state index contributed by atoms with van der Waals surface area (Å²) in [7, 11) is 1.67. The van der Waals surface area contributed by atoms with Crippen LogP contribution in [0.2, 0.25) is 5.02 Å². The van der Waals surface area contributed by atoms with Gasteiger partial charge in [-0.3, -0.25) is 4.79 Å². The van der Waals surface area contributed by atoms with Crippen LogP contribution in [0.1, 0.15) is 5.56 Å². The summed E-state index contributed by atoms with van der Waals surface area (Å²) in [6.07, 6.45) is 0. The molecule has 0 aliphatic carbocycles. The highest BCUT2D eigenvalue weighted by molar-refractivity contribution is 7.22. The molecule has 1 aliphatic heterocycles. The Labute approximate surface area is 178 Å². The van der Waals surface area contributed by atoms with Gasteiger partial charge < -0.3 is 19.3 Å². The average molecular weight is 432 g/mol. The van der Waals surface area contributed by atoms with Crippen LogP contribution in [0.15, 0.2) is 36.4 Å². The maximum absolute atomic E-state index is 12.5. The third kappa shape index (κ3) is 4.26. The summed E-state index contributed by atoms with van der Waals surface area (Å²) in [5.74, 6) is 1.42. The van der Waals surface area contributed by atoms with Crippen molar-refractivity contribution in [1.82, 2.24) is 9.88 Å². The topological polar surface area (TPSA) is 54.9 Å². The van der Waals surface area contributed by atoms with Crippen molar-refractivity contribution in [3.63, 3.8) is 0 Å². The Morgan fingerprint density at radius 3 is 2.55 bits per heavy atom. The van der Waals surface area contributed by atoms with E-state index < -0.39 is 0 Å². The lowest BCUT2D eigenvalue weighted by Gasteiger charge is -2.34. The van der Waals surface area contributed by atoms with Crippen LogP contribution >= 0.6 is 22.9 Å². The van der Waals surface area contributed by atoms with E-state index in [1.807, 2.05) is 11.0 Å². The van der Waals surface area contributed by atoms with Gasteiger partial charge in [-0.25, -0.2) is 4.98 Å². The molecule has 0 atom stereocenters. The summed E-state index contributed by atoms with van der Waals surface area (Å²) in [6, 6.07) is 11.0. The molecule has 2 heterocycles. The van der Waals surface area contributed by atoms with Crippen LogP contribution < -0.4 is 14.4 Å². The van der Waals surface area contributed by atoms with Gasteiger partial charge in [0.05, 0.1) is 11.8 Å². The minimum atomic E-state index is -0.0126. The maximum Gasteiger partial charge on any atom is 0.260 e. The van der Waals surface area contributed by atoms with E-state index in [0.29, 0.717) is 23.9 Å². The lowest BCUT2D eigenvalue weighted by molar-refractivity contribution is -0.133. The zero-order valence-corrected chi connectivity index (χ0v) is 17.9. The third-order valence-corrected chi connectivity index (χ3v) is 6.49. The fraction of sp³-hybridized carbons (Fsp3) is 0.333. The smallest absolute Gasteiger partial charge is 0.260 e. The zero-order valence-electron chi connectivity index (χ0n) is 16.4. The first kappa shape index (κ1) is 19.8. The maximum atomic E-state index is 12.5. The van der Waals surface area contributed by atoms with Gasteiger partial charge in [-0.15, -0.1) is 0 Å². The number of nitrogens with zero attached hydrogens (tertiary/aromatic N) is 3. The largest absolute Gasteiger partial charge is 0.494 e. The fourth-order valence-electron chi connectivity index (χ4n) is 3.31. The van der Waals surface area contributed by atoms with Gasteiger partial charge in [-0.1, -0.05) is 29.0 Å². The number of aryl methyl sites for hydroxylation is 1. The average Bonchev–Trinajstić information content (AvgIpc) is 3.20. The second kappa shape index (κ2) is 8.47. The number of amides is 1. The molecule has 1 saturated heterocycles. The molecule has 0 N–H and O–H groups in total. The van der Waals surface area contributed by atoms with Crippen LogP contribution in [0, 0.1) is 6.92 Å². The number of rotatable bonds is 5. The van der Waals surface area contributed by atoms with Gasteiger partial charge >= 0.3 is 0 Å². The van der Waals surface area contributed by atoms with Crippen molar-refractivity contribution < 1.29 is 14.3 Å². The summed E-state index contributed by atoms with van der Waals surface area (Å²) in [6.45, 7) is 4.89. The van der Waals surface area contributed by atoms with Gasteiger partial charge in [0.2, 0.25) is 0 Å². The molecule has 1 aromatic heterocycles. The summed E-state index contributed by atoms with van der Waals surface area (Å²) in [4.78, 5) is 21.3. The Morgan fingerprint density at radius 2 is 1.86 bits per heavy atom. The molecule has 8 heteroatoms. The normalized spacial score (nSPS) is 14.3. The van der Waals surface area contributed by atoms with E-state index in [9.17, 15) is 4.79 Å². The van der Waals surface area contributed by atoms with Crippen molar-refractivity contribution in [1.29, 1.82) is 0 Å². The number of carbonyl (C=O) groups is 1. The summed E-state index contributed by atoms with van der Waals surface area (Å²) in [5, 5.41) is 1.61. The number of piperazine rings is 1. The molecule has 29 heavy (non-hydrogen) atoms. The standard InChI is InChI=1S/C21H22ClN3O3S/c1-14-3-8-17(27-2)19-20(14)29-21(23-19)25-11-9-24(10-12-25)18(26)13-28-16-6-4-15(22)5-7-16/h3-8H,9-13H2,1-2H3. The molecule has 0 radical (unpaired) electrons. The Bertz CT molecular complexity index is 1010. The SMILES string of the molecule is COc1ccc(C)c2sc(N3CCN(C(=O)COc4ccc(Cl)cc4)CC3)nc12. The highest BCUT2D eigenvalue weighted by Gasteiger charge is 2.24. The molecule has 6 nitrogen and oxygen atoms in total. The number of methoxy groups -OCH3 is 1. The molecular weight excluding hydrogens is 410 g/mol. The molecule has 0 spiro atoms. The molecule has 0 bridgehead atoms. The highest BCUT2D eigenvalue weighted by atomic mass is 35.5. The zero-order chi connectivity index (χ0) is 20.4. The summed E-state index contributed by atoms with van der Waals surface area (Å²) < 4.78 is 12.2. The number of aromatic nitrogens is 1. The second-order valence-electron chi connectivity index (χ2n) is 6.87. The number of fused-ring (bicyclic) bond motifs is 1. The molecule has 1 amide bonds. The predicted octanol–water partition coefficient (Wildman–Crippen LogP) is 3.99. The van der Waals surface area contributed by atoms with Crippen LogP contribution in [-0.4, -0.2) is 55.7 Å². The Kier molecular flexibility index (Phi) is 5.78. The summed E-state index contributed by atoms with van der Waals surface area (Å²) >= 11 is 7.54. The fourth-order valence-corrected chi connectivity index (χ4v) is 4.54. The number of benzene rings is 2. The Hall–Kier alpha value is -2.51. The van der Waals surface area contributed by atoms with Gasteiger partial charge in [0.1, 0.15) is 17.0 Å². The van der Waals surface area contributed by atoms with Crippen LogP contribution in [-0.2, 0) is 4.79 Å². The monoisotopic (exact) mass is 431 g/mol. The van der Waals surface area contributed by atoms with Crippen molar-refractivity contribution >= 4 is 44.2 Å². The number of halogens is 1. The van der Waals surface area contributed by atoms with Gasteiger partial charge in [-0.2, -0.15) is 0 Å². The van der Waals surface area contributed by atoms with Crippen molar-refractivity contribution in [2.45, 2.75) is 6.92 Å². The summed E-state index contributed by atoms with van der Waals surface area (Å²) in [5.41, 5.74) is 2.10. The number of thiazole rings is 1. The molecule has 152 valence electrons. The van der Waals surface area contributed by atoms with Crippen LogP contribution in [0.4, 0.5) is 5.13 Å². The van der Waals surface area contributed by atoms with Crippen LogP contribution in [0.5, 0.6) is 11.5 Å². The van der Waals surface area contributed by atoms with Gasteiger partial charge in [0.25, 0.3) is 5.91 Å². The van der Waals surface area contributed by atoms with E-state index >= 15 is 0 Å². The molecule has 2 aromatic carbocycles. The number of hydrogen-bond acceptors (Lipinski definition) is 6. The van der Waals surface area contributed by atoms with Crippen molar-refractivity contribution in [2.75, 3.05) is 44.8 Å². The van der Waals surface area contributed by atoms with Gasteiger partial charge in [0.15, 0.2) is 11.7 Å². The first-order chi connectivity index (χ1) is 14.0. The van der Waals surface area contributed by atoms with Crippen molar-refractivity contribution in [3.05, 3.63) is 47.0 Å². The predicted molar refractivity (Wildman–Crippen MR) is 117 cm³/mol. The van der Waals surface area contributed by atoms with E-state index in [0.717, 1.165) is 34.2 Å². The van der Waals surface area contributed by atoms with Crippen molar-refractivity contribution in [3.8, 4) is 11.5 Å². The molecule has 1 fully saturated rings. The molecule has 1 aliphatic rings. The molecule has 0 saturated carbocycles. The number of carbonyl (C=O) groups excluding carboxylic acids is 1.